The minimum Gasteiger partial charge on any atom is -0.495 e. The lowest BCUT2D eigenvalue weighted by Crippen LogP contribution is -2.05. The molecule has 2 rings (SSSR count). The minimum atomic E-state index is 0.622. The van der Waals surface area contributed by atoms with Gasteiger partial charge in [-0.15, -0.1) is 0 Å². The summed E-state index contributed by atoms with van der Waals surface area (Å²) in [5.74, 6) is 0.695. The zero-order chi connectivity index (χ0) is 12.8. The van der Waals surface area contributed by atoms with E-state index in [4.69, 9.17) is 16.3 Å². The number of methoxy groups -OCH3 is 1. The Kier molecular flexibility index (Phi) is 4.47. The average molecular weight is 266 g/mol. The van der Waals surface area contributed by atoms with Crippen LogP contribution in [0.3, 0.4) is 0 Å². The maximum Gasteiger partial charge on any atom is 0.137 e. The van der Waals surface area contributed by atoms with Crippen molar-refractivity contribution in [2.24, 2.45) is 0 Å². The number of nitrogens with zero attached hydrogens (tertiary/aromatic N) is 2. The molecule has 0 amide bonds. The maximum absolute atomic E-state index is 6.05. The maximum atomic E-state index is 6.05. The summed E-state index contributed by atoms with van der Waals surface area (Å²) in [7, 11) is 1.61. The van der Waals surface area contributed by atoms with Crippen LogP contribution in [-0.4, -0.2) is 23.2 Å². The normalized spacial score (nSPS) is 10.3. The van der Waals surface area contributed by atoms with Gasteiger partial charge in [-0.3, -0.25) is 0 Å². The van der Waals surface area contributed by atoms with Gasteiger partial charge in [0, 0.05) is 31.2 Å². The van der Waals surface area contributed by atoms with Crippen LogP contribution in [0, 0.1) is 0 Å². The van der Waals surface area contributed by atoms with Crippen LogP contribution < -0.4 is 10.1 Å². The molecule has 18 heavy (non-hydrogen) atoms. The van der Waals surface area contributed by atoms with E-state index in [1.54, 1.807) is 13.3 Å². The highest BCUT2D eigenvalue weighted by Crippen LogP contribution is 2.27. The smallest absolute Gasteiger partial charge is 0.137 e. The molecule has 4 nitrogen and oxygen atoms in total. The molecule has 0 saturated heterocycles. The lowest BCUT2D eigenvalue weighted by atomic mass is 10.3. The summed E-state index contributed by atoms with van der Waals surface area (Å²) in [4.78, 5) is 4.00. The number of aromatic nitrogens is 2. The van der Waals surface area contributed by atoms with Crippen molar-refractivity contribution in [1.82, 2.24) is 9.55 Å². The van der Waals surface area contributed by atoms with Crippen LogP contribution in [0.2, 0.25) is 5.02 Å². The second kappa shape index (κ2) is 6.31. The van der Waals surface area contributed by atoms with E-state index >= 15 is 0 Å². The Balaban J connectivity index is 1.78. The SMILES string of the molecule is COc1ccc(NCCCn2ccnc2)cc1Cl. The summed E-state index contributed by atoms with van der Waals surface area (Å²) in [6.45, 7) is 1.84. The molecule has 0 saturated carbocycles. The standard InChI is InChI=1S/C13H16ClN3O/c1-18-13-4-3-11(9-12(13)14)16-5-2-7-17-8-6-15-10-17/h3-4,6,8-10,16H,2,5,7H2,1H3. The lowest BCUT2D eigenvalue weighted by Gasteiger charge is -2.09. The van der Waals surface area contributed by atoms with Gasteiger partial charge in [0.2, 0.25) is 0 Å². The summed E-state index contributed by atoms with van der Waals surface area (Å²) < 4.78 is 7.16. The summed E-state index contributed by atoms with van der Waals surface area (Å²) in [5.41, 5.74) is 1.01. The van der Waals surface area contributed by atoms with Gasteiger partial charge in [-0.05, 0) is 24.6 Å². The Labute approximate surface area is 112 Å². The molecule has 0 aliphatic heterocycles. The van der Waals surface area contributed by atoms with Crippen LogP contribution in [0.5, 0.6) is 5.75 Å². The monoisotopic (exact) mass is 265 g/mol. The average Bonchev–Trinajstić information content (AvgIpc) is 2.88. The molecular formula is C13H16ClN3O. The summed E-state index contributed by atoms with van der Waals surface area (Å²) >= 11 is 6.05. The minimum absolute atomic E-state index is 0.622. The van der Waals surface area contributed by atoms with Gasteiger partial charge in [-0.1, -0.05) is 11.6 Å². The van der Waals surface area contributed by atoms with Crippen LogP contribution in [0.15, 0.2) is 36.9 Å². The zero-order valence-electron chi connectivity index (χ0n) is 10.3. The van der Waals surface area contributed by atoms with Crippen LogP contribution in [0.25, 0.3) is 0 Å². The van der Waals surface area contributed by atoms with Gasteiger partial charge in [0.05, 0.1) is 18.5 Å². The van der Waals surface area contributed by atoms with Crippen molar-refractivity contribution in [3.8, 4) is 5.75 Å². The Morgan fingerprint density at radius 1 is 1.44 bits per heavy atom. The fourth-order valence-corrected chi connectivity index (χ4v) is 1.95. The fraction of sp³-hybridized carbons (Fsp3) is 0.308. The van der Waals surface area contributed by atoms with Crippen molar-refractivity contribution < 1.29 is 4.74 Å². The third-order valence-corrected chi connectivity index (χ3v) is 2.93. The van der Waals surface area contributed by atoms with Crippen molar-refractivity contribution in [3.63, 3.8) is 0 Å². The molecule has 5 heteroatoms. The van der Waals surface area contributed by atoms with E-state index in [1.165, 1.54) is 0 Å². The van der Waals surface area contributed by atoms with Crippen LogP contribution in [0.1, 0.15) is 6.42 Å². The van der Waals surface area contributed by atoms with Crippen LogP contribution >= 0.6 is 11.6 Å². The highest BCUT2D eigenvalue weighted by Gasteiger charge is 2.01. The number of hydrogen-bond donors (Lipinski definition) is 1. The summed E-state index contributed by atoms with van der Waals surface area (Å²) in [5, 5.41) is 3.95. The van der Waals surface area contributed by atoms with E-state index in [-0.39, 0.29) is 0 Å². The van der Waals surface area contributed by atoms with Crippen molar-refractivity contribution in [2.45, 2.75) is 13.0 Å². The Morgan fingerprint density at radius 2 is 2.33 bits per heavy atom. The molecule has 1 N–H and O–H groups in total. The number of aryl methyl sites for hydroxylation is 1. The molecule has 0 atom stereocenters. The van der Waals surface area contributed by atoms with Crippen molar-refractivity contribution >= 4 is 17.3 Å². The number of anilines is 1. The van der Waals surface area contributed by atoms with Gasteiger partial charge in [-0.2, -0.15) is 0 Å². The van der Waals surface area contributed by atoms with E-state index in [1.807, 2.05) is 30.7 Å². The third kappa shape index (κ3) is 3.40. The third-order valence-electron chi connectivity index (χ3n) is 2.63. The van der Waals surface area contributed by atoms with Gasteiger partial charge in [0.15, 0.2) is 0 Å². The van der Waals surface area contributed by atoms with Crippen molar-refractivity contribution in [1.29, 1.82) is 0 Å². The number of halogens is 1. The predicted molar refractivity (Wildman–Crippen MR) is 73.3 cm³/mol. The van der Waals surface area contributed by atoms with Crippen LogP contribution in [0.4, 0.5) is 5.69 Å². The van der Waals surface area contributed by atoms with E-state index in [9.17, 15) is 0 Å². The van der Waals surface area contributed by atoms with E-state index in [0.29, 0.717) is 10.8 Å². The quantitative estimate of drug-likeness (QED) is 0.816. The largest absolute Gasteiger partial charge is 0.495 e. The molecule has 2 aromatic rings. The molecule has 0 radical (unpaired) electrons. The molecule has 1 heterocycles. The second-order valence-corrected chi connectivity index (χ2v) is 4.34. The van der Waals surface area contributed by atoms with E-state index < -0.39 is 0 Å². The number of ether oxygens (including phenoxy) is 1. The molecule has 0 bridgehead atoms. The summed E-state index contributed by atoms with van der Waals surface area (Å²) in [6.07, 6.45) is 6.60. The Bertz CT molecular complexity index is 485. The summed E-state index contributed by atoms with van der Waals surface area (Å²) in [6, 6.07) is 5.69. The molecule has 96 valence electrons. The molecular weight excluding hydrogens is 250 g/mol. The van der Waals surface area contributed by atoms with Gasteiger partial charge < -0.3 is 14.6 Å². The fourth-order valence-electron chi connectivity index (χ4n) is 1.69. The molecule has 0 aliphatic carbocycles. The Hall–Kier alpha value is -1.68. The lowest BCUT2D eigenvalue weighted by molar-refractivity contribution is 0.415. The van der Waals surface area contributed by atoms with Gasteiger partial charge in [0.1, 0.15) is 5.75 Å². The Morgan fingerprint density at radius 3 is 3.00 bits per heavy atom. The zero-order valence-corrected chi connectivity index (χ0v) is 11.0. The van der Waals surface area contributed by atoms with Gasteiger partial charge >= 0.3 is 0 Å². The first-order valence-corrected chi connectivity index (χ1v) is 6.20. The van der Waals surface area contributed by atoms with E-state index in [0.717, 1.165) is 25.2 Å². The van der Waals surface area contributed by atoms with Gasteiger partial charge in [0.25, 0.3) is 0 Å². The van der Waals surface area contributed by atoms with Crippen molar-refractivity contribution in [3.05, 3.63) is 41.9 Å². The topological polar surface area (TPSA) is 39.1 Å². The van der Waals surface area contributed by atoms with Gasteiger partial charge in [-0.25, -0.2) is 4.98 Å². The highest BCUT2D eigenvalue weighted by atomic mass is 35.5. The molecule has 0 aliphatic rings. The molecule has 0 fully saturated rings. The number of benzene rings is 1. The second-order valence-electron chi connectivity index (χ2n) is 3.93. The number of imidazole rings is 1. The first kappa shape index (κ1) is 12.8. The number of rotatable bonds is 6. The van der Waals surface area contributed by atoms with Crippen LogP contribution in [-0.2, 0) is 6.54 Å². The highest BCUT2D eigenvalue weighted by molar-refractivity contribution is 6.32. The molecule has 0 unspecified atom stereocenters. The number of nitrogens with one attached hydrogen (secondary N) is 1. The van der Waals surface area contributed by atoms with Crippen molar-refractivity contribution in [2.75, 3.05) is 19.0 Å². The predicted octanol–water partition coefficient (Wildman–Crippen LogP) is 3.05. The first-order chi connectivity index (χ1) is 8.79. The first-order valence-electron chi connectivity index (χ1n) is 5.83. The number of hydrogen-bond acceptors (Lipinski definition) is 3. The van der Waals surface area contributed by atoms with E-state index in [2.05, 4.69) is 14.9 Å². The molecule has 1 aromatic heterocycles. The molecule has 1 aromatic carbocycles. The molecule has 0 spiro atoms.